The molecule has 0 aliphatic rings. The molecular formula is C15H11Cl4N. The third-order valence-electron chi connectivity index (χ3n) is 3.34. The second-order valence-corrected chi connectivity index (χ2v) is 6.48. The summed E-state index contributed by atoms with van der Waals surface area (Å²) in [4.78, 5) is 0. The highest BCUT2D eigenvalue weighted by Crippen LogP contribution is 2.33. The molecule has 3 aromatic rings. The van der Waals surface area contributed by atoms with Gasteiger partial charge in [-0.3, -0.25) is 0 Å². The summed E-state index contributed by atoms with van der Waals surface area (Å²) in [7, 11) is 0. The van der Waals surface area contributed by atoms with E-state index in [2.05, 4.69) is 4.57 Å². The van der Waals surface area contributed by atoms with E-state index in [1.54, 1.807) is 0 Å². The first-order chi connectivity index (χ1) is 9.60. The Hall–Kier alpha value is -0.600. The molecule has 0 saturated carbocycles. The molecule has 1 atom stereocenters. The van der Waals surface area contributed by atoms with Crippen LogP contribution in [0.5, 0.6) is 0 Å². The van der Waals surface area contributed by atoms with Crippen LogP contribution in [0.25, 0.3) is 21.8 Å². The lowest BCUT2D eigenvalue weighted by atomic mass is 10.1. The summed E-state index contributed by atoms with van der Waals surface area (Å²) in [5.41, 5.74) is 2.17. The van der Waals surface area contributed by atoms with E-state index < -0.39 is 0 Å². The first-order valence-electron chi connectivity index (χ1n) is 6.17. The monoisotopic (exact) mass is 345 g/mol. The number of aromatic nitrogens is 1. The fourth-order valence-corrected chi connectivity index (χ4v) is 3.07. The molecule has 0 radical (unpaired) electrons. The van der Waals surface area contributed by atoms with Crippen LogP contribution >= 0.6 is 46.4 Å². The molecule has 0 amide bonds. The van der Waals surface area contributed by atoms with Gasteiger partial charge in [-0.25, -0.2) is 0 Å². The van der Waals surface area contributed by atoms with Gasteiger partial charge in [-0.15, -0.1) is 23.2 Å². The summed E-state index contributed by atoms with van der Waals surface area (Å²) in [6.07, 6.45) is 0. The Labute approximate surface area is 137 Å². The second-order valence-electron chi connectivity index (χ2n) is 4.69. The highest BCUT2D eigenvalue weighted by molar-refractivity contribution is 6.33. The van der Waals surface area contributed by atoms with Gasteiger partial charge in [-0.1, -0.05) is 23.2 Å². The lowest BCUT2D eigenvalue weighted by Crippen LogP contribution is -2.11. The molecule has 1 heterocycles. The standard InChI is InChI=1S/C15H11Cl4N/c16-7-11(19)8-20-14-3-1-9(17)5-12(14)13-6-10(18)2-4-15(13)20/h1-6,11H,7-8H2/t11-/m0/s1. The molecule has 0 unspecified atom stereocenters. The van der Waals surface area contributed by atoms with E-state index in [0.29, 0.717) is 22.5 Å². The molecule has 0 aliphatic heterocycles. The molecule has 2 aromatic carbocycles. The molecule has 1 aromatic heterocycles. The fourth-order valence-electron chi connectivity index (χ4n) is 2.49. The molecule has 0 aliphatic carbocycles. The number of benzene rings is 2. The van der Waals surface area contributed by atoms with Crippen molar-refractivity contribution in [3.8, 4) is 0 Å². The van der Waals surface area contributed by atoms with Gasteiger partial charge >= 0.3 is 0 Å². The lowest BCUT2D eigenvalue weighted by molar-refractivity contribution is 0.735. The van der Waals surface area contributed by atoms with Crippen LogP contribution in [0.3, 0.4) is 0 Å². The summed E-state index contributed by atoms with van der Waals surface area (Å²) in [5, 5.41) is 3.44. The van der Waals surface area contributed by atoms with Crippen molar-refractivity contribution in [3.05, 3.63) is 46.4 Å². The van der Waals surface area contributed by atoms with Gasteiger partial charge in [0.05, 0.1) is 5.38 Å². The molecule has 3 rings (SSSR count). The quantitative estimate of drug-likeness (QED) is 0.516. The molecular weight excluding hydrogens is 336 g/mol. The number of fused-ring (bicyclic) bond motifs is 3. The Bertz CT molecular complexity index is 719. The summed E-state index contributed by atoms with van der Waals surface area (Å²) >= 11 is 24.3. The number of hydrogen-bond acceptors (Lipinski definition) is 0. The van der Waals surface area contributed by atoms with Crippen molar-refractivity contribution in [3.63, 3.8) is 0 Å². The fraction of sp³-hybridized carbons (Fsp3) is 0.200. The van der Waals surface area contributed by atoms with Crippen LogP contribution in [0.4, 0.5) is 0 Å². The first kappa shape index (κ1) is 14.3. The molecule has 0 bridgehead atoms. The average Bonchev–Trinajstić information content (AvgIpc) is 2.72. The minimum atomic E-state index is -0.123. The van der Waals surface area contributed by atoms with Gasteiger partial charge in [-0.2, -0.15) is 0 Å². The highest BCUT2D eigenvalue weighted by Gasteiger charge is 2.14. The molecule has 0 saturated heterocycles. The lowest BCUT2D eigenvalue weighted by Gasteiger charge is -2.10. The normalized spacial score (nSPS) is 13.2. The SMILES string of the molecule is ClC[C@H](Cl)Cn1c2ccc(Cl)cc2c2cc(Cl)ccc21. The van der Waals surface area contributed by atoms with Crippen molar-refractivity contribution in [2.75, 3.05) is 5.88 Å². The Morgan fingerprint density at radius 2 is 1.40 bits per heavy atom. The van der Waals surface area contributed by atoms with Crippen molar-refractivity contribution >= 4 is 68.2 Å². The zero-order chi connectivity index (χ0) is 14.3. The molecule has 104 valence electrons. The summed E-state index contributed by atoms with van der Waals surface area (Å²) < 4.78 is 2.16. The summed E-state index contributed by atoms with van der Waals surface area (Å²) in [5.74, 6) is 0.407. The van der Waals surface area contributed by atoms with Gasteiger partial charge in [-0.05, 0) is 36.4 Å². The van der Waals surface area contributed by atoms with Crippen molar-refractivity contribution in [1.82, 2.24) is 4.57 Å². The Kier molecular flexibility index (Phi) is 4.05. The second kappa shape index (κ2) is 5.65. The maximum atomic E-state index is 6.22. The Morgan fingerprint density at radius 1 is 0.900 bits per heavy atom. The number of nitrogens with zero attached hydrogens (tertiary/aromatic N) is 1. The van der Waals surface area contributed by atoms with E-state index in [-0.39, 0.29) is 5.38 Å². The van der Waals surface area contributed by atoms with Crippen LogP contribution in [-0.2, 0) is 6.54 Å². The summed E-state index contributed by atoms with van der Waals surface area (Å²) in [6.45, 7) is 0.647. The van der Waals surface area contributed by atoms with Crippen molar-refractivity contribution < 1.29 is 0 Å². The highest BCUT2D eigenvalue weighted by atomic mass is 35.5. The van der Waals surface area contributed by atoms with Gasteiger partial charge < -0.3 is 4.57 Å². The molecule has 0 spiro atoms. The van der Waals surface area contributed by atoms with Gasteiger partial charge in [0.25, 0.3) is 0 Å². The van der Waals surface area contributed by atoms with Gasteiger partial charge in [0.15, 0.2) is 0 Å². The minimum absolute atomic E-state index is 0.123. The average molecular weight is 347 g/mol. The van der Waals surface area contributed by atoms with E-state index in [1.807, 2.05) is 36.4 Å². The van der Waals surface area contributed by atoms with Gasteiger partial charge in [0.2, 0.25) is 0 Å². The maximum absolute atomic E-state index is 6.22. The predicted octanol–water partition coefficient (Wildman–Crippen LogP) is 5.95. The van der Waals surface area contributed by atoms with Crippen LogP contribution in [0.2, 0.25) is 10.0 Å². The van der Waals surface area contributed by atoms with E-state index in [1.165, 1.54) is 0 Å². The van der Waals surface area contributed by atoms with Crippen molar-refractivity contribution in [1.29, 1.82) is 0 Å². The smallest absolute Gasteiger partial charge is 0.0650 e. The van der Waals surface area contributed by atoms with Crippen LogP contribution in [-0.4, -0.2) is 15.8 Å². The molecule has 1 nitrogen and oxygen atoms in total. The molecule has 0 fully saturated rings. The first-order valence-corrected chi connectivity index (χ1v) is 7.90. The van der Waals surface area contributed by atoms with Crippen LogP contribution in [0.1, 0.15) is 0 Å². The summed E-state index contributed by atoms with van der Waals surface area (Å²) in [6, 6.07) is 11.7. The Morgan fingerprint density at radius 3 is 1.85 bits per heavy atom. The third-order valence-corrected chi connectivity index (χ3v) is 4.63. The number of hydrogen-bond donors (Lipinski definition) is 0. The topological polar surface area (TPSA) is 4.93 Å². The zero-order valence-electron chi connectivity index (χ0n) is 10.4. The maximum Gasteiger partial charge on any atom is 0.0650 e. The van der Waals surface area contributed by atoms with Crippen LogP contribution in [0, 0.1) is 0 Å². The Balaban J connectivity index is 2.34. The third kappa shape index (κ3) is 2.48. The van der Waals surface area contributed by atoms with Gasteiger partial charge in [0.1, 0.15) is 0 Å². The van der Waals surface area contributed by atoms with E-state index in [0.717, 1.165) is 21.8 Å². The van der Waals surface area contributed by atoms with Crippen molar-refractivity contribution in [2.45, 2.75) is 11.9 Å². The van der Waals surface area contributed by atoms with E-state index in [9.17, 15) is 0 Å². The number of rotatable bonds is 3. The number of halogens is 4. The van der Waals surface area contributed by atoms with Crippen molar-refractivity contribution in [2.24, 2.45) is 0 Å². The van der Waals surface area contributed by atoms with Gasteiger partial charge in [0, 0.05) is 44.3 Å². The number of alkyl halides is 2. The van der Waals surface area contributed by atoms with Crippen LogP contribution in [0.15, 0.2) is 36.4 Å². The zero-order valence-corrected chi connectivity index (χ0v) is 13.4. The largest absolute Gasteiger partial charge is 0.339 e. The minimum Gasteiger partial charge on any atom is -0.339 e. The molecule has 0 N–H and O–H groups in total. The molecule has 20 heavy (non-hydrogen) atoms. The van der Waals surface area contributed by atoms with Crippen LogP contribution < -0.4 is 0 Å². The predicted molar refractivity (Wildman–Crippen MR) is 89.8 cm³/mol. The molecule has 5 heteroatoms. The van der Waals surface area contributed by atoms with E-state index in [4.69, 9.17) is 46.4 Å². The van der Waals surface area contributed by atoms with E-state index >= 15 is 0 Å².